The zero-order valence-corrected chi connectivity index (χ0v) is 20.5. The van der Waals surface area contributed by atoms with Gasteiger partial charge in [0.25, 0.3) is 5.12 Å². The predicted molar refractivity (Wildman–Crippen MR) is 128 cm³/mol. The van der Waals surface area contributed by atoms with Crippen LogP contribution in [0.2, 0.25) is 0 Å². The third-order valence-corrected chi connectivity index (χ3v) is 6.32. The summed E-state index contributed by atoms with van der Waals surface area (Å²) in [5, 5.41) is 14.2. The minimum absolute atomic E-state index is 0.0955. The van der Waals surface area contributed by atoms with Crippen LogP contribution in [0.15, 0.2) is 12.0 Å². The Morgan fingerprint density at radius 3 is 2.22 bits per heavy atom. The lowest BCUT2D eigenvalue weighted by Crippen LogP contribution is -2.55. The molecule has 0 bridgehead atoms. The third kappa shape index (κ3) is 11.5. The summed E-state index contributed by atoms with van der Waals surface area (Å²) >= 11 is 1.39. The van der Waals surface area contributed by atoms with Crippen molar-refractivity contribution in [2.75, 3.05) is 18.6 Å². The SMILES string of the molecule is C=CS(=O)(=O)C(=O)C(CCSC)NC(=O)C(CCCNC(=N)N)NC(=O)C(N)CC(C)C. The predicted octanol–water partition coefficient (Wildman–Crippen LogP) is -0.569. The van der Waals surface area contributed by atoms with Crippen molar-refractivity contribution < 1.29 is 22.8 Å². The summed E-state index contributed by atoms with van der Waals surface area (Å²) in [6.07, 6.45) is 2.82. The molecule has 0 radical (unpaired) electrons. The lowest BCUT2D eigenvalue weighted by Gasteiger charge is -2.24. The van der Waals surface area contributed by atoms with Crippen molar-refractivity contribution in [2.45, 2.75) is 57.7 Å². The largest absolute Gasteiger partial charge is 0.370 e. The molecule has 2 amide bonds. The Kier molecular flexibility index (Phi) is 13.9. The number of hydrogen-bond acceptors (Lipinski definition) is 8. The first-order valence-electron chi connectivity index (χ1n) is 10.2. The van der Waals surface area contributed by atoms with E-state index in [1.807, 2.05) is 13.8 Å². The van der Waals surface area contributed by atoms with E-state index < -0.39 is 44.9 Å². The van der Waals surface area contributed by atoms with Crippen LogP contribution in [-0.4, -0.2) is 68.0 Å². The van der Waals surface area contributed by atoms with E-state index >= 15 is 0 Å². The molecule has 3 unspecified atom stereocenters. The minimum atomic E-state index is -4.23. The van der Waals surface area contributed by atoms with Gasteiger partial charge in [-0.3, -0.25) is 19.8 Å². The second-order valence-corrected chi connectivity index (χ2v) is 10.5. The maximum absolute atomic E-state index is 12.9. The van der Waals surface area contributed by atoms with E-state index in [4.69, 9.17) is 16.9 Å². The quantitative estimate of drug-likeness (QED) is 0.0984. The maximum atomic E-state index is 12.9. The number of carbonyl (C=O) groups is 3. The highest BCUT2D eigenvalue weighted by atomic mass is 32.2. The van der Waals surface area contributed by atoms with E-state index in [9.17, 15) is 22.8 Å². The molecule has 0 saturated heterocycles. The molecule has 0 aliphatic rings. The van der Waals surface area contributed by atoms with Gasteiger partial charge in [0.1, 0.15) is 12.1 Å². The van der Waals surface area contributed by atoms with Gasteiger partial charge in [-0.25, -0.2) is 8.42 Å². The molecule has 0 aliphatic heterocycles. The van der Waals surface area contributed by atoms with Crippen LogP contribution in [-0.2, 0) is 24.2 Å². The zero-order chi connectivity index (χ0) is 24.9. The molecular formula is C19H36N6O5S2. The van der Waals surface area contributed by atoms with Crippen LogP contribution in [0, 0.1) is 11.3 Å². The van der Waals surface area contributed by atoms with Crippen LogP contribution in [0.4, 0.5) is 0 Å². The number of guanidine groups is 1. The molecule has 0 aromatic carbocycles. The van der Waals surface area contributed by atoms with Gasteiger partial charge in [0.2, 0.25) is 21.7 Å². The molecule has 0 aromatic rings. The molecule has 184 valence electrons. The van der Waals surface area contributed by atoms with E-state index in [0.29, 0.717) is 24.0 Å². The molecule has 0 fully saturated rings. The molecule has 3 atom stereocenters. The topological polar surface area (TPSA) is 197 Å². The Morgan fingerprint density at radius 1 is 1.12 bits per heavy atom. The van der Waals surface area contributed by atoms with Crippen molar-refractivity contribution >= 4 is 44.5 Å². The third-order valence-electron chi connectivity index (χ3n) is 4.39. The Balaban J connectivity index is 5.49. The molecule has 0 aromatic heterocycles. The standard InChI is InChI=1S/C19H36N6O5S2/c1-5-32(29,30)18(28)15(8-10-31-4)25-17(27)14(7-6-9-23-19(21)22)24-16(26)13(20)11-12(2)3/h5,12-15H,1,6-11,20H2,2-4H3,(H,24,26)(H,25,27)(H4,21,22,23). The monoisotopic (exact) mass is 492 g/mol. The normalized spacial score (nSPS) is 14.2. The first kappa shape index (κ1) is 29.9. The molecule has 0 heterocycles. The fraction of sp³-hybridized carbons (Fsp3) is 0.684. The number of thioether (sulfide) groups is 1. The molecule has 0 spiro atoms. The number of nitrogens with two attached hydrogens (primary N) is 2. The Hall–Kier alpha value is -2.12. The van der Waals surface area contributed by atoms with Crippen LogP contribution >= 0.6 is 11.8 Å². The highest BCUT2D eigenvalue weighted by molar-refractivity contribution is 8.08. The van der Waals surface area contributed by atoms with Gasteiger partial charge in [-0.2, -0.15) is 11.8 Å². The number of sulfone groups is 1. The van der Waals surface area contributed by atoms with Crippen molar-refractivity contribution in [3.8, 4) is 0 Å². The summed E-state index contributed by atoms with van der Waals surface area (Å²) in [6.45, 7) is 7.25. The zero-order valence-electron chi connectivity index (χ0n) is 18.8. The molecule has 0 saturated carbocycles. The number of amides is 2. The lowest BCUT2D eigenvalue weighted by atomic mass is 10.0. The second-order valence-electron chi connectivity index (χ2n) is 7.65. The van der Waals surface area contributed by atoms with Crippen molar-refractivity contribution in [1.82, 2.24) is 16.0 Å². The van der Waals surface area contributed by atoms with Crippen LogP contribution in [0.1, 0.15) is 39.5 Å². The average molecular weight is 493 g/mol. The van der Waals surface area contributed by atoms with Gasteiger partial charge in [-0.05, 0) is 43.6 Å². The van der Waals surface area contributed by atoms with E-state index in [2.05, 4.69) is 22.5 Å². The molecule has 13 heteroatoms. The summed E-state index contributed by atoms with van der Waals surface area (Å²) in [6, 6.07) is -3.15. The highest BCUT2D eigenvalue weighted by Gasteiger charge is 2.32. The lowest BCUT2D eigenvalue weighted by molar-refractivity contribution is -0.131. The minimum Gasteiger partial charge on any atom is -0.370 e. The van der Waals surface area contributed by atoms with Crippen molar-refractivity contribution in [1.29, 1.82) is 5.41 Å². The smallest absolute Gasteiger partial charge is 0.272 e. The second kappa shape index (κ2) is 14.9. The molecular weight excluding hydrogens is 456 g/mol. The van der Waals surface area contributed by atoms with E-state index in [-0.39, 0.29) is 31.3 Å². The van der Waals surface area contributed by atoms with Crippen molar-refractivity contribution in [2.24, 2.45) is 17.4 Å². The van der Waals surface area contributed by atoms with Crippen molar-refractivity contribution in [3.63, 3.8) is 0 Å². The molecule has 8 N–H and O–H groups in total. The fourth-order valence-corrected chi connectivity index (χ4v) is 3.94. The number of nitrogens with one attached hydrogen (secondary N) is 4. The van der Waals surface area contributed by atoms with Crippen LogP contribution < -0.4 is 27.4 Å². The summed E-state index contributed by atoms with van der Waals surface area (Å²) in [5.74, 6) is -0.852. The number of rotatable bonds is 15. The summed E-state index contributed by atoms with van der Waals surface area (Å²) in [5.41, 5.74) is 11.1. The maximum Gasteiger partial charge on any atom is 0.272 e. The van der Waals surface area contributed by atoms with E-state index in [1.165, 1.54) is 11.8 Å². The fourth-order valence-electron chi connectivity index (χ4n) is 2.73. The van der Waals surface area contributed by atoms with Crippen LogP contribution in [0.5, 0.6) is 0 Å². The molecule has 0 rings (SSSR count). The van der Waals surface area contributed by atoms with Gasteiger partial charge < -0.3 is 27.4 Å². The van der Waals surface area contributed by atoms with Crippen LogP contribution in [0.25, 0.3) is 0 Å². The Bertz CT molecular complexity index is 772. The summed E-state index contributed by atoms with van der Waals surface area (Å²) in [4.78, 5) is 37.8. The molecule has 32 heavy (non-hydrogen) atoms. The van der Waals surface area contributed by atoms with Gasteiger partial charge in [0.15, 0.2) is 5.96 Å². The summed E-state index contributed by atoms with van der Waals surface area (Å²) in [7, 11) is -4.23. The van der Waals surface area contributed by atoms with Crippen molar-refractivity contribution in [3.05, 3.63) is 12.0 Å². The highest BCUT2D eigenvalue weighted by Crippen LogP contribution is 2.09. The first-order valence-corrected chi connectivity index (χ1v) is 13.1. The molecule has 0 aliphatic carbocycles. The Labute approximate surface area is 194 Å². The van der Waals surface area contributed by atoms with Gasteiger partial charge in [0, 0.05) is 12.0 Å². The first-order chi connectivity index (χ1) is 14.8. The van der Waals surface area contributed by atoms with Gasteiger partial charge in [-0.1, -0.05) is 20.4 Å². The molecule has 11 nitrogen and oxygen atoms in total. The average Bonchev–Trinajstić information content (AvgIpc) is 2.71. The van der Waals surface area contributed by atoms with E-state index in [1.54, 1.807) is 6.26 Å². The van der Waals surface area contributed by atoms with Gasteiger partial charge >= 0.3 is 0 Å². The summed E-state index contributed by atoms with van der Waals surface area (Å²) < 4.78 is 23.9. The van der Waals surface area contributed by atoms with Crippen LogP contribution in [0.3, 0.4) is 0 Å². The van der Waals surface area contributed by atoms with E-state index in [0.717, 1.165) is 0 Å². The van der Waals surface area contributed by atoms with Gasteiger partial charge in [0.05, 0.1) is 6.04 Å². The Morgan fingerprint density at radius 2 is 1.72 bits per heavy atom. The van der Waals surface area contributed by atoms with Gasteiger partial charge in [-0.15, -0.1) is 0 Å². The number of hydrogen-bond donors (Lipinski definition) is 6. The number of carbonyl (C=O) groups excluding carboxylic acids is 3.